The number of hydrogen-bond acceptors (Lipinski definition) is 5. The summed E-state index contributed by atoms with van der Waals surface area (Å²) in [6.07, 6.45) is 0. The smallest absolute Gasteiger partial charge is 0.288 e. The molecule has 0 aliphatic rings. The van der Waals surface area contributed by atoms with Gasteiger partial charge in [0, 0.05) is 4.90 Å². The van der Waals surface area contributed by atoms with Crippen LogP contribution in [0.4, 0.5) is 14.5 Å². The molecule has 8 heteroatoms. The molecular formula is C10H9F2N5S. The molecule has 4 N–H and O–H groups in total. The van der Waals surface area contributed by atoms with Gasteiger partial charge in [-0.2, -0.15) is 19.1 Å². The van der Waals surface area contributed by atoms with E-state index < -0.39 is 11.6 Å². The number of halogens is 2. The molecule has 0 aromatic heterocycles. The number of hydrazone groups is 1. The van der Waals surface area contributed by atoms with Gasteiger partial charge in [0.05, 0.1) is 5.69 Å². The predicted molar refractivity (Wildman–Crippen MR) is 66.9 cm³/mol. The van der Waals surface area contributed by atoms with E-state index >= 15 is 0 Å². The van der Waals surface area contributed by atoms with Crippen LogP contribution in [-0.2, 0) is 0 Å². The second-order valence-corrected chi connectivity index (χ2v) is 4.07. The second kappa shape index (κ2) is 6.56. The lowest BCUT2D eigenvalue weighted by molar-refractivity contribution is 0.252. The Balaban J connectivity index is 2.80. The average Bonchev–Trinajstić information content (AvgIpc) is 2.29. The van der Waals surface area contributed by atoms with Gasteiger partial charge >= 0.3 is 0 Å². The van der Waals surface area contributed by atoms with E-state index in [0.29, 0.717) is 22.3 Å². The van der Waals surface area contributed by atoms with Gasteiger partial charge < -0.3 is 5.73 Å². The highest BCUT2D eigenvalue weighted by molar-refractivity contribution is 7.99. The minimum atomic E-state index is -2.50. The highest BCUT2D eigenvalue weighted by Crippen LogP contribution is 2.27. The van der Waals surface area contributed by atoms with Crippen molar-refractivity contribution in [2.75, 3.05) is 5.43 Å². The third kappa shape index (κ3) is 4.39. The number of hydrogen-bond donors (Lipinski definition) is 3. The first kappa shape index (κ1) is 13.9. The van der Waals surface area contributed by atoms with Crippen LogP contribution in [0.3, 0.4) is 0 Å². The number of benzene rings is 1. The lowest BCUT2D eigenvalue weighted by atomic mass is 10.3. The van der Waals surface area contributed by atoms with Crippen LogP contribution >= 0.6 is 11.8 Å². The first-order valence-electron chi connectivity index (χ1n) is 4.66. The molecular weight excluding hydrogens is 260 g/mol. The highest BCUT2D eigenvalue weighted by atomic mass is 32.2. The highest BCUT2D eigenvalue weighted by Gasteiger charge is 2.06. The van der Waals surface area contributed by atoms with Crippen LogP contribution in [0.5, 0.6) is 0 Å². The van der Waals surface area contributed by atoms with Gasteiger partial charge in [-0.3, -0.25) is 10.8 Å². The fourth-order valence-electron chi connectivity index (χ4n) is 1.01. The Morgan fingerprint density at radius 2 is 2.28 bits per heavy atom. The quantitative estimate of drug-likeness (QED) is 0.330. The summed E-state index contributed by atoms with van der Waals surface area (Å²) in [4.78, 5) is 0.367. The van der Waals surface area contributed by atoms with Crippen molar-refractivity contribution in [2.24, 2.45) is 10.8 Å². The molecule has 0 bridgehead atoms. The summed E-state index contributed by atoms with van der Waals surface area (Å²) >= 11 is 0.405. The van der Waals surface area contributed by atoms with Gasteiger partial charge in [-0.05, 0) is 18.2 Å². The number of anilines is 1. The summed E-state index contributed by atoms with van der Waals surface area (Å²) in [6.45, 7) is 0. The van der Waals surface area contributed by atoms with Gasteiger partial charge in [0.25, 0.3) is 5.76 Å². The molecule has 0 heterocycles. The number of rotatable bonds is 5. The molecule has 18 heavy (non-hydrogen) atoms. The number of nitrogens with one attached hydrogen (secondary N) is 2. The molecule has 94 valence electrons. The Bertz CT molecular complexity index is 509. The van der Waals surface area contributed by atoms with Gasteiger partial charge in [0.15, 0.2) is 5.84 Å². The molecule has 0 saturated heterocycles. The van der Waals surface area contributed by atoms with Crippen molar-refractivity contribution >= 4 is 29.0 Å². The molecule has 0 radical (unpaired) electrons. The standard InChI is InChI=1S/C10H9F2N5S/c11-10(12)18-7-3-1-2-6(4-7)16-17-8(5-13)9(14)15/h1-4,10,16H,(H3,14,15)/b17-8+. The third-order valence-corrected chi connectivity index (χ3v) is 2.42. The Hall–Kier alpha value is -2.14. The molecule has 0 aliphatic heterocycles. The Morgan fingerprint density at radius 3 is 2.83 bits per heavy atom. The van der Waals surface area contributed by atoms with E-state index in [9.17, 15) is 8.78 Å². The van der Waals surface area contributed by atoms with Crippen LogP contribution < -0.4 is 11.2 Å². The van der Waals surface area contributed by atoms with Crippen LogP contribution in [0.1, 0.15) is 0 Å². The first-order chi connectivity index (χ1) is 8.52. The molecule has 5 nitrogen and oxygen atoms in total. The molecule has 1 aromatic carbocycles. The normalized spacial score (nSPS) is 11.1. The molecule has 0 saturated carbocycles. The van der Waals surface area contributed by atoms with Crippen molar-refractivity contribution in [1.82, 2.24) is 0 Å². The Labute approximate surface area is 106 Å². The number of nitriles is 1. The zero-order valence-corrected chi connectivity index (χ0v) is 9.84. The maximum Gasteiger partial charge on any atom is 0.288 e. The second-order valence-electron chi connectivity index (χ2n) is 3.00. The van der Waals surface area contributed by atoms with Crippen molar-refractivity contribution in [3.8, 4) is 6.07 Å². The number of thioether (sulfide) groups is 1. The molecule has 0 atom stereocenters. The average molecular weight is 269 g/mol. The van der Waals surface area contributed by atoms with Crippen molar-refractivity contribution in [2.45, 2.75) is 10.7 Å². The molecule has 0 unspecified atom stereocenters. The van der Waals surface area contributed by atoms with Gasteiger partial charge in [-0.25, -0.2) is 0 Å². The monoisotopic (exact) mass is 269 g/mol. The van der Waals surface area contributed by atoms with Crippen LogP contribution in [0, 0.1) is 16.7 Å². The van der Waals surface area contributed by atoms with E-state index in [1.54, 1.807) is 18.2 Å². The molecule has 0 aliphatic carbocycles. The maximum atomic E-state index is 12.2. The molecule has 0 amide bonds. The first-order valence-corrected chi connectivity index (χ1v) is 5.54. The van der Waals surface area contributed by atoms with Crippen LogP contribution in [0.2, 0.25) is 0 Å². The van der Waals surface area contributed by atoms with E-state index in [-0.39, 0.29) is 5.71 Å². The number of nitrogens with two attached hydrogens (primary N) is 1. The number of alkyl halides is 2. The van der Waals surface area contributed by atoms with E-state index in [0.717, 1.165) is 0 Å². The summed E-state index contributed by atoms with van der Waals surface area (Å²) in [5.41, 5.74) is 7.72. The van der Waals surface area contributed by atoms with Crippen molar-refractivity contribution in [1.29, 1.82) is 10.7 Å². The summed E-state index contributed by atoms with van der Waals surface area (Å²) in [6, 6.07) is 7.78. The zero-order chi connectivity index (χ0) is 13.5. The summed E-state index contributed by atoms with van der Waals surface area (Å²) < 4.78 is 24.3. The SMILES string of the molecule is N#C/C(=N\Nc1cccc(SC(F)F)c1)C(=N)N. The fourth-order valence-corrected chi connectivity index (χ4v) is 1.57. The lowest BCUT2D eigenvalue weighted by Gasteiger charge is -2.04. The largest absolute Gasteiger partial charge is 0.382 e. The van der Waals surface area contributed by atoms with Crippen molar-refractivity contribution in [3.63, 3.8) is 0 Å². The Morgan fingerprint density at radius 1 is 1.56 bits per heavy atom. The van der Waals surface area contributed by atoms with E-state index in [1.165, 1.54) is 12.1 Å². The minimum absolute atomic E-state index is 0.276. The van der Waals surface area contributed by atoms with Crippen LogP contribution in [0.15, 0.2) is 34.3 Å². The fraction of sp³-hybridized carbons (Fsp3) is 0.100. The van der Waals surface area contributed by atoms with E-state index in [4.69, 9.17) is 16.4 Å². The number of amidine groups is 1. The molecule has 1 rings (SSSR count). The van der Waals surface area contributed by atoms with E-state index in [2.05, 4.69) is 10.5 Å². The van der Waals surface area contributed by atoms with Crippen LogP contribution in [0.25, 0.3) is 0 Å². The summed E-state index contributed by atoms with van der Waals surface area (Å²) in [5, 5.41) is 19.2. The zero-order valence-electron chi connectivity index (χ0n) is 9.02. The van der Waals surface area contributed by atoms with E-state index in [1.807, 2.05) is 0 Å². The van der Waals surface area contributed by atoms with Gasteiger partial charge in [0.1, 0.15) is 6.07 Å². The maximum absolute atomic E-state index is 12.2. The molecule has 1 aromatic rings. The molecule has 0 fully saturated rings. The minimum Gasteiger partial charge on any atom is -0.382 e. The van der Waals surface area contributed by atoms with Gasteiger partial charge in [0.2, 0.25) is 5.71 Å². The summed E-state index contributed by atoms with van der Waals surface area (Å²) in [5.74, 6) is -2.97. The number of nitrogens with zero attached hydrogens (tertiary/aromatic N) is 2. The predicted octanol–water partition coefficient (Wildman–Crippen LogP) is 2.23. The summed E-state index contributed by atoms with van der Waals surface area (Å²) in [7, 11) is 0. The molecule has 0 spiro atoms. The topological polar surface area (TPSA) is 98.0 Å². The van der Waals surface area contributed by atoms with Gasteiger partial charge in [-0.1, -0.05) is 17.8 Å². The van der Waals surface area contributed by atoms with Crippen molar-refractivity contribution in [3.05, 3.63) is 24.3 Å². The van der Waals surface area contributed by atoms with Crippen molar-refractivity contribution < 1.29 is 8.78 Å². The third-order valence-electron chi connectivity index (χ3n) is 1.72. The Kier molecular flexibility index (Phi) is 5.07. The van der Waals surface area contributed by atoms with Gasteiger partial charge in [-0.15, -0.1) is 0 Å². The van der Waals surface area contributed by atoms with Crippen LogP contribution in [-0.4, -0.2) is 17.3 Å². The lowest BCUT2D eigenvalue weighted by Crippen LogP contribution is -2.21.